The predicted octanol–water partition coefficient (Wildman–Crippen LogP) is 1.83. The molecule has 0 rings (SSSR count). The van der Waals surface area contributed by atoms with Crippen molar-refractivity contribution in [1.29, 1.82) is 0 Å². The second kappa shape index (κ2) is 10.6. The fraction of sp³-hybridized carbons (Fsp3) is 0.500. The van der Waals surface area contributed by atoms with Crippen LogP contribution in [0.3, 0.4) is 0 Å². The highest BCUT2D eigenvalue weighted by atomic mass is 16.5. The first-order valence-electron chi connectivity index (χ1n) is 4.32. The molecule has 0 aliphatic heterocycles. The first-order chi connectivity index (χ1) is 6.41. The van der Waals surface area contributed by atoms with E-state index in [1.54, 1.807) is 0 Å². The smallest absolute Gasteiger partial charge is 0.109 e. The van der Waals surface area contributed by atoms with Crippen molar-refractivity contribution >= 4 is 0 Å². The van der Waals surface area contributed by atoms with Gasteiger partial charge in [-0.05, 0) is 12.8 Å². The Morgan fingerprint density at radius 1 is 0.846 bits per heavy atom. The van der Waals surface area contributed by atoms with E-state index in [-0.39, 0.29) is 0 Å². The third-order valence-corrected chi connectivity index (χ3v) is 1.36. The van der Waals surface area contributed by atoms with Crippen LogP contribution in [0.1, 0.15) is 25.7 Å². The number of unbranched alkanes of at least 4 members (excludes halogenated alkanes) is 3. The fourth-order valence-corrected chi connectivity index (χ4v) is 0.741. The van der Waals surface area contributed by atoms with Crippen LogP contribution < -0.4 is 0 Å². The van der Waals surface area contributed by atoms with E-state index in [2.05, 4.69) is 23.7 Å². The van der Waals surface area contributed by atoms with Crippen LogP contribution in [0.25, 0.3) is 0 Å². The van der Waals surface area contributed by atoms with Gasteiger partial charge >= 0.3 is 0 Å². The summed E-state index contributed by atoms with van der Waals surface area (Å²) >= 11 is 0. The average molecular weight is 174 g/mol. The Balaban J connectivity index is 3.13. The Hall–Kier alpha value is -1.36. The molecule has 0 heterocycles. The van der Waals surface area contributed by atoms with Crippen LogP contribution in [0.15, 0.2) is 0 Å². The maximum atomic E-state index is 5.10. The van der Waals surface area contributed by atoms with Gasteiger partial charge in [0, 0.05) is 12.8 Å². The number of hydrogen-bond acceptors (Lipinski definition) is 1. The quantitative estimate of drug-likeness (QED) is 0.456. The Kier molecular flexibility index (Phi) is 9.53. The zero-order valence-electron chi connectivity index (χ0n) is 7.81. The van der Waals surface area contributed by atoms with Crippen LogP contribution in [0.2, 0.25) is 0 Å². The Bertz CT molecular complexity index is 241. The summed E-state index contributed by atoms with van der Waals surface area (Å²) in [6.07, 6.45) is 13.9. The van der Waals surface area contributed by atoms with E-state index in [0.717, 1.165) is 25.7 Å². The van der Waals surface area contributed by atoms with Crippen LogP contribution in [0, 0.1) is 36.5 Å². The topological polar surface area (TPSA) is 9.23 Å². The van der Waals surface area contributed by atoms with Crippen molar-refractivity contribution in [2.24, 2.45) is 0 Å². The van der Waals surface area contributed by atoms with Crippen molar-refractivity contribution < 1.29 is 4.74 Å². The van der Waals surface area contributed by atoms with E-state index in [1.165, 1.54) is 0 Å². The first-order valence-corrected chi connectivity index (χ1v) is 4.32. The van der Waals surface area contributed by atoms with Gasteiger partial charge in [0.05, 0.1) is 0 Å². The third-order valence-electron chi connectivity index (χ3n) is 1.36. The zero-order valence-corrected chi connectivity index (χ0v) is 7.81. The number of ether oxygens (including phenoxy) is 1. The molecule has 0 fully saturated rings. The molecule has 0 aliphatic carbocycles. The van der Waals surface area contributed by atoms with Gasteiger partial charge in [-0.1, -0.05) is 11.8 Å². The molecule has 0 spiro atoms. The van der Waals surface area contributed by atoms with Crippen molar-refractivity contribution in [2.75, 3.05) is 13.2 Å². The lowest BCUT2D eigenvalue weighted by molar-refractivity contribution is 0.204. The van der Waals surface area contributed by atoms with Gasteiger partial charge in [-0.2, -0.15) is 0 Å². The molecule has 0 radical (unpaired) electrons. The molecule has 0 saturated carbocycles. The SMILES string of the molecule is C#CCCCCC#CCOCC#C. The maximum absolute atomic E-state index is 5.10. The van der Waals surface area contributed by atoms with Gasteiger partial charge in [0.15, 0.2) is 0 Å². The van der Waals surface area contributed by atoms with Crippen molar-refractivity contribution in [3.05, 3.63) is 0 Å². The summed E-state index contributed by atoms with van der Waals surface area (Å²) in [6, 6.07) is 0. The highest BCUT2D eigenvalue weighted by Crippen LogP contribution is 1.96. The van der Waals surface area contributed by atoms with Crippen LogP contribution in [-0.4, -0.2) is 13.2 Å². The average Bonchev–Trinajstić information content (AvgIpc) is 2.16. The van der Waals surface area contributed by atoms with Crippen molar-refractivity contribution in [3.8, 4) is 36.5 Å². The molecule has 0 aromatic carbocycles. The van der Waals surface area contributed by atoms with E-state index in [0.29, 0.717) is 13.2 Å². The van der Waals surface area contributed by atoms with E-state index >= 15 is 0 Å². The molecule has 1 heteroatoms. The summed E-state index contributed by atoms with van der Waals surface area (Å²) in [5, 5.41) is 0. The van der Waals surface area contributed by atoms with Gasteiger partial charge in [0.1, 0.15) is 13.2 Å². The lowest BCUT2D eigenvalue weighted by Crippen LogP contribution is -1.90. The third kappa shape index (κ3) is 10.6. The zero-order chi connectivity index (χ0) is 9.78. The van der Waals surface area contributed by atoms with Crippen molar-refractivity contribution in [3.63, 3.8) is 0 Å². The molecule has 0 amide bonds. The summed E-state index contributed by atoms with van der Waals surface area (Å²) in [7, 11) is 0. The van der Waals surface area contributed by atoms with E-state index < -0.39 is 0 Å². The van der Waals surface area contributed by atoms with Gasteiger partial charge in [-0.25, -0.2) is 0 Å². The van der Waals surface area contributed by atoms with Crippen LogP contribution >= 0.6 is 0 Å². The number of terminal acetylenes is 2. The molecular formula is C12H14O. The second-order valence-electron chi connectivity index (χ2n) is 2.46. The molecule has 0 saturated heterocycles. The summed E-state index contributed by atoms with van der Waals surface area (Å²) < 4.78 is 4.97. The van der Waals surface area contributed by atoms with Gasteiger partial charge in [-0.3, -0.25) is 0 Å². The Labute approximate surface area is 80.9 Å². The molecule has 0 bridgehead atoms. The van der Waals surface area contributed by atoms with E-state index in [1.807, 2.05) is 0 Å². The molecule has 0 unspecified atom stereocenters. The highest BCUT2D eigenvalue weighted by Gasteiger charge is 1.82. The standard InChI is InChI=1S/C12H14O/c1-3-5-6-7-8-9-10-12-13-11-4-2/h1-2H,5-8,11-12H2. The normalized spacial score (nSPS) is 7.85. The molecule has 1 nitrogen and oxygen atoms in total. The largest absolute Gasteiger partial charge is 0.356 e. The lowest BCUT2D eigenvalue weighted by atomic mass is 10.2. The summed E-state index contributed by atoms with van der Waals surface area (Å²) in [5.74, 6) is 10.8. The van der Waals surface area contributed by atoms with Crippen LogP contribution in [0.5, 0.6) is 0 Å². The van der Waals surface area contributed by atoms with Gasteiger partial charge in [-0.15, -0.1) is 24.7 Å². The fourth-order valence-electron chi connectivity index (χ4n) is 0.741. The summed E-state index contributed by atoms with van der Waals surface area (Å²) in [5.41, 5.74) is 0. The monoisotopic (exact) mass is 174 g/mol. The minimum absolute atomic E-state index is 0.339. The Morgan fingerprint density at radius 2 is 1.62 bits per heavy atom. The molecule has 0 N–H and O–H groups in total. The van der Waals surface area contributed by atoms with Crippen molar-refractivity contribution in [1.82, 2.24) is 0 Å². The molecular weight excluding hydrogens is 160 g/mol. The van der Waals surface area contributed by atoms with Gasteiger partial charge < -0.3 is 4.74 Å². The first kappa shape index (κ1) is 11.6. The van der Waals surface area contributed by atoms with Crippen LogP contribution in [-0.2, 0) is 4.74 Å². The second-order valence-corrected chi connectivity index (χ2v) is 2.46. The molecule has 0 atom stereocenters. The molecule has 68 valence electrons. The minimum atomic E-state index is 0.339. The molecule has 0 aromatic rings. The Morgan fingerprint density at radius 3 is 2.31 bits per heavy atom. The molecule has 0 aromatic heterocycles. The number of hydrogen-bond donors (Lipinski definition) is 0. The number of rotatable bonds is 5. The van der Waals surface area contributed by atoms with E-state index in [4.69, 9.17) is 17.6 Å². The lowest BCUT2D eigenvalue weighted by Gasteiger charge is -1.90. The maximum Gasteiger partial charge on any atom is 0.109 e. The van der Waals surface area contributed by atoms with E-state index in [9.17, 15) is 0 Å². The van der Waals surface area contributed by atoms with Crippen molar-refractivity contribution in [2.45, 2.75) is 25.7 Å². The molecule has 0 aliphatic rings. The predicted molar refractivity (Wildman–Crippen MR) is 54.7 cm³/mol. The van der Waals surface area contributed by atoms with Crippen LogP contribution in [0.4, 0.5) is 0 Å². The van der Waals surface area contributed by atoms with Gasteiger partial charge in [0.25, 0.3) is 0 Å². The van der Waals surface area contributed by atoms with Gasteiger partial charge in [0.2, 0.25) is 0 Å². The highest BCUT2D eigenvalue weighted by molar-refractivity contribution is 4.99. The minimum Gasteiger partial charge on any atom is -0.356 e. The summed E-state index contributed by atoms with van der Waals surface area (Å²) in [6.45, 7) is 0.769. The molecule has 13 heavy (non-hydrogen) atoms. The summed E-state index contributed by atoms with van der Waals surface area (Å²) in [4.78, 5) is 0.